The molecule has 194 valence electrons. The lowest BCUT2D eigenvalue weighted by molar-refractivity contribution is -0.577. The largest absolute Gasteiger partial charge is 0.618 e. The summed E-state index contributed by atoms with van der Waals surface area (Å²) in [7, 11) is 0. The van der Waals surface area contributed by atoms with Crippen LogP contribution in [0.15, 0.2) is 53.1 Å². The Morgan fingerprint density at radius 3 is 2.08 bits per heavy atom. The third-order valence-electron chi connectivity index (χ3n) is 4.72. The van der Waals surface area contributed by atoms with E-state index in [1.54, 1.807) is 0 Å². The average Bonchev–Trinajstić information content (AvgIpc) is 2.72. The van der Waals surface area contributed by atoms with Gasteiger partial charge in [0.15, 0.2) is 11.9 Å². The number of fused-ring (bicyclic) bond motifs is 1. The van der Waals surface area contributed by atoms with Crippen molar-refractivity contribution < 1.29 is 58.2 Å². The summed E-state index contributed by atoms with van der Waals surface area (Å²) in [6.45, 7) is 0. The van der Waals surface area contributed by atoms with Crippen LogP contribution in [0.2, 0.25) is 0 Å². The molecule has 5 nitrogen and oxygen atoms in total. The summed E-state index contributed by atoms with van der Waals surface area (Å²) in [6.07, 6.45) is -17.8. The van der Waals surface area contributed by atoms with Gasteiger partial charge in [0.05, 0.1) is 5.69 Å². The van der Waals surface area contributed by atoms with Gasteiger partial charge in [-0.25, -0.2) is 4.39 Å². The number of hydrogen-bond acceptors (Lipinski definition) is 3. The molecular formula is C20H9BrF10N2O3. The molecule has 16 heteroatoms. The molecule has 0 radical (unpaired) electrons. The van der Waals surface area contributed by atoms with Gasteiger partial charge in [0.2, 0.25) is 5.52 Å². The van der Waals surface area contributed by atoms with E-state index >= 15 is 0 Å². The van der Waals surface area contributed by atoms with Crippen molar-refractivity contribution in [1.29, 1.82) is 0 Å². The maximum atomic E-state index is 14.4. The number of anilines is 1. The zero-order valence-corrected chi connectivity index (χ0v) is 18.5. The number of carbonyl (C=O) groups is 1. The summed E-state index contributed by atoms with van der Waals surface area (Å²) in [5.74, 6) is -2.99. The van der Waals surface area contributed by atoms with Crippen LogP contribution in [0, 0.1) is 5.21 Å². The van der Waals surface area contributed by atoms with E-state index in [2.05, 4.69) is 20.7 Å². The highest BCUT2D eigenvalue weighted by molar-refractivity contribution is 9.10. The smallest absolute Gasteiger partial charge is 0.573 e. The highest BCUT2D eigenvalue weighted by Gasteiger charge is 2.73. The van der Waals surface area contributed by atoms with Crippen LogP contribution < -0.4 is 14.8 Å². The van der Waals surface area contributed by atoms with Crippen molar-refractivity contribution in [2.24, 2.45) is 0 Å². The molecule has 0 spiro atoms. The number of alkyl halides is 10. The lowest BCUT2D eigenvalue weighted by atomic mass is 9.93. The first-order valence-corrected chi connectivity index (χ1v) is 10.00. The van der Waals surface area contributed by atoms with Gasteiger partial charge in [-0.1, -0.05) is 0 Å². The van der Waals surface area contributed by atoms with Crippen LogP contribution in [-0.2, 0) is 5.67 Å². The number of ether oxygens (including phenoxy) is 1. The first-order chi connectivity index (χ1) is 16.3. The Labute approximate surface area is 202 Å². The van der Waals surface area contributed by atoms with Crippen molar-refractivity contribution in [3.8, 4) is 5.75 Å². The number of nitrogens with zero attached hydrogens (tertiary/aromatic N) is 1. The Morgan fingerprint density at radius 2 is 1.53 bits per heavy atom. The second-order valence-electron chi connectivity index (χ2n) is 7.09. The molecule has 0 atom stereocenters. The lowest BCUT2D eigenvalue weighted by Gasteiger charge is -2.31. The SMILES string of the molecule is O=C(Nc1c(Br)cc(C(F)(C(F)(F)F)C(F)(F)F)cc1OC(F)(F)F)c1ccc2ccc[n+]([O-])c2c1. The molecule has 0 fully saturated rings. The van der Waals surface area contributed by atoms with Crippen LogP contribution in [0.3, 0.4) is 0 Å². The second-order valence-corrected chi connectivity index (χ2v) is 7.95. The van der Waals surface area contributed by atoms with Crippen molar-refractivity contribution in [3.05, 3.63) is 69.5 Å². The predicted molar refractivity (Wildman–Crippen MR) is 107 cm³/mol. The van der Waals surface area contributed by atoms with Crippen LogP contribution in [-0.4, -0.2) is 24.6 Å². The maximum Gasteiger partial charge on any atom is 0.573 e. The van der Waals surface area contributed by atoms with Gasteiger partial charge < -0.3 is 15.3 Å². The summed E-state index contributed by atoms with van der Waals surface area (Å²) in [5.41, 5.74) is -9.78. The quantitative estimate of drug-likeness (QED) is 0.208. The fourth-order valence-electron chi connectivity index (χ4n) is 3.10. The number of hydrogen-bond donors (Lipinski definition) is 1. The van der Waals surface area contributed by atoms with Crippen LogP contribution in [0.25, 0.3) is 10.9 Å². The maximum absolute atomic E-state index is 14.4. The highest BCUT2D eigenvalue weighted by Crippen LogP contribution is 2.55. The van der Waals surface area contributed by atoms with E-state index in [4.69, 9.17) is 0 Å². The molecule has 1 N–H and O–H groups in total. The highest BCUT2D eigenvalue weighted by atomic mass is 79.9. The molecule has 0 saturated heterocycles. The van der Waals surface area contributed by atoms with Crippen molar-refractivity contribution in [3.63, 3.8) is 0 Å². The third kappa shape index (κ3) is 5.12. The van der Waals surface area contributed by atoms with Crippen molar-refractivity contribution >= 4 is 38.4 Å². The molecule has 1 aromatic heterocycles. The molecule has 36 heavy (non-hydrogen) atoms. The zero-order chi connectivity index (χ0) is 27.3. The summed E-state index contributed by atoms with van der Waals surface area (Å²) < 4.78 is 135. The van der Waals surface area contributed by atoms with E-state index in [1.807, 2.05) is 5.32 Å². The van der Waals surface area contributed by atoms with Crippen LogP contribution >= 0.6 is 15.9 Å². The number of pyridine rings is 1. The number of halogens is 11. The molecule has 1 heterocycles. The van der Waals surface area contributed by atoms with Crippen molar-refractivity contribution in [1.82, 2.24) is 0 Å². The van der Waals surface area contributed by atoms with E-state index in [0.717, 1.165) is 18.3 Å². The summed E-state index contributed by atoms with van der Waals surface area (Å²) in [6, 6.07) is 5.80. The fourth-order valence-corrected chi connectivity index (χ4v) is 3.64. The summed E-state index contributed by atoms with van der Waals surface area (Å²) in [5, 5.41) is 14.1. The molecule has 0 unspecified atom stereocenters. The minimum Gasteiger partial charge on any atom is -0.618 e. The third-order valence-corrected chi connectivity index (χ3v) is 5.35. The van der Waals surface area contributed by atoms with E-state index < -0.39 is 57.8 Å². The molecule has 0 aliphatic carbocycles. The predicted octanol–water partition coefficient (Wildman–Crippen LogP) is 6.68. The number of carbonyl (C=O) groups excluding carboxylic acids is 1. The van der Waals surface area contributed by atoms with Gasteiger partial charge in [0, 0.05) is 33.1 Å². The van der Waals surface area contributed by atoms with Crippen molar-refractivity contribution in [2.75, 3.05) is 5.32 Å². The first-order valence-electron chi connectivity index (χ1n) is 9.20. The fraction of sp³-hybridized carbons (Fsp3) is 0.200. The molecular weight excluding hydrogens is 586 g/mol. The Hall–Kier alpha value is -3.30. The van der Waals surface area contributed by atoms with E-state index in [1.165, 1.54) is 18.2 Å². The van der Waals surface area contributed by atoms with E-state index in [-0.39, 0.29) is 17.1 Å². The van der Waals surface area contributed by atoms with Gasteiger partial charge >= 0.3 is 24.4 Å². The van der Waals surface area contributed by atoms with Crippen molar-refractivity contribution in [2.45, 2.75) is 24.4 Å². The Kier molecular flexibility index (Phi) is 6.80. The van der Waals surface area contributed by atoms with Gasteiger partial charge in [-0.3, -0.25) is 4.79 Å². The number of rotatable bonds is 4. The minimum absolute atomic E-state index is 0.0381. The summed E-state index contributed by atoms with van der Waals surface area (Å²) >= 11 is 2.47. The minimum atomic E-state index is -6.62. The van der Waals surface area contributed by atoms with Gasteiger partial charge in [0.25, 0.3) is 5.91 Å². The van der Waals surface area contributed by atoms with Gasteiger partial charge in [-0.15, -0.1) is 13.2 Å². The van der Waals surface area contributed by atoms with Crippen LogP contribution in [0.5, 0.6) is 5.75 Å². The topological polar surface area (TPSA) is 65.3 Å². The van der Waals surface area contributed by atoms with Gasteiger partial charge in [-0.2, -0.15) is 31.1 Å². The number of aromatic nitrogens is 1. The normalized spacial score (nSPS) is 13.1. The standard InChI is InChI=1S/C20H9BrF10N2O3/c21-12-7-11(17(22,18(23,24)25)19(26,27)28)8-14(36-20(29,30)31)15(12)32-16(34)10-4-3-9-2-1-5-33(35)13(9)6-10/h1-8H,(H,32,34). The first kappa shape index (κ1) is 27.3. The van der Waals surface area contributed by atoms with E-state index in [0.29, 0.717) is 10.1 Å². The number of benzene rings is 2. The average molecular weight is 595 g/mol. The lowest BCUT2D eigenvalue weighted by Crippen LogP contribution is -2.50. The Bertz CT molecular complexity index is 1310. The molecule has 2 aromatic carbocycles. The molecule has 0 saturated carbocycles. The molecule has 3 rings (SSSR count). The molecule has 3 aromatic rings. The van der Waals surface area contributed by atoms with Crippen LogP contribution in [0.4, 0.5) is 49.6 Å². The summed E-state index contributed by atoms with van der Waals surface area (Å²) in [4.78, 5) is 12.6. The number of nitrogens with one attached hydrogen (secondary N) is 1. The number of amides is 1. The van der Waals surface area contributed by atoms with Gasteiger partial charge in [0.1, 0.15) is 0 Å². The molecule has 0 bridgehead atoms. The monoisotopic (exact) mass is 594 g/mol. The van der Waals surface area contributed by atoms with Gasteiger partial charge in [-0.05, 0) is 46.3 Å². The second kappa shape index (κ2) is 8.97. The zero-order valence-electron chi connectivity index (χ0n) is 16.9. The molecule has 0 aliphatic rings. The molecule has 0 aliphatic heterocycles. The van der Waals surface area contributed by atoms with E-state index in [9.17, 15) is 53.9 Å². The molecule has 1 amide bonds. The Morgan fingerprint density at radius 1 is 0.917 bits per heavy atom. The van der Waals surface area contributed by atoms with Crippen LogP contribution in [0.1, 0.15) is 15.9 Å². The Balaban J connectivity index is 2.14.